The summed E-state index contributed by atoms with van der Waals surface area (Å²) in [4.78, 5) is 10.3. The minimum Gasteiger partial charge on any atom is -0.321 e. The molecule has 0 spiro atoms. The fraction of sp³-hybridized carbons (Fsp3) is 0.222. The van der Waals surface area contributed by atoms with Gasteiger partial charge in [0, 0.05) is 4.47 Å². The van der Waals surface area contributed by atoms with Crippen molar-refractivity contribution >= 4 is 22.2 Å². The molecule has 0 saturated heterocycles. The van der Waals surface area contributed by atoms with E-state index in [4.69, 9.17) is 5.73 Å². The van der Waals surface area contributed by atoms with Crippen molar-refractivity contribution in [1.82, 2.24) is 0 Å². The number of halogens is 1. The second kappa shape index (κ2) is 4.38. The molecular formula is C9H10BrNO. The normalized spacial score (nSPS) is 12.5. The zero-order valence-electron chi connectivity index (χ0n) is 6.53. The lowest BCUT2D eigenvalue weighted by molar-refractivity contribution is -0.108. The number of nitrogens with two attached hydrogens (primary N) is 1. The number of benzene rings is 1. The van der Waals surface area contributed by atoms with Crippen LogP contribution in [0.25, 0.3) is 0 Å². The lowest BCUT2D eigenvalue weighted by Gasteiger charge is -2.03. The van der Waals surface area contributed by atoms with Crippen molar-refractivity contribution < 1.29 is 4.79 Å². The van der Waals surface area contributed by atoms with Crippen molar-refractivity contribution in [2.24, 2.45) is 5.73 Å². The Morgan fingerprint density at radius 3 is 2.92 bits per heavy atom. The van der Waals surface area contributed by atoms with Crippen LogP contribution in [0.15, 0.2) is 28.7 Å². The van der Waals surface area contributed by atoms with E-state index in [1.54, 1.807) is 0 Å². The number of carbonyl (C=O) groups is 1. The number of carbonyl (C=O) groups excluding carboxylic acids is 1. The second-order valence-electron chi connectivity index (χ2n) is 2.63. The van der Waals surface area contributed by atoms with E-state index >= 15 is 0 Å². The minimum absolute atomic E-state index is 0.390. The highest BCUT2D eigenvalue weighted by Crippen LogP contribution is 2.12. The average molecular weight is 228 g/mol. The van der Waals surface area contributed by atoms with Gasteiger partial charge < -0.3 is 10.5 Å². The highest BCUT2D eigenvalue weighted by Gasteiger charge is 2.01. The van der Waals surface area contributed by atoms with Crippen LogP contribution >= 0.6 is 15.9 Å². The van der Waals surface area contributed by atoms with Crippen molar-refractivity contribution in [3.63, 3.8) is 0 Å². The Morgan fingerprint density at radius 1 is 1.58 bits per heavy atom. The molecule has 1 rings (SSSR count). The van der Waals surface area contributed by atoms with Gasteiger partial charge in [-0.25, -0.2) is 0 Å². The standard InChI is InChI=1S/C9H10BrNO/c10-8-3-1-2-7(4-8)5-9(11)6-12/h1-4,6,9H,5,11H2/t9-/m1/s1. The summed E-state index contributed by atoms with van der Waals surface area (Å²) in [5, 5.41) is 0. The third-order valence-corrected chi connectivity index (χ3v) is 2.03. The summed E-state index contributed by atoms with van der Waals surface area (Å²) in [5.74, 6) is 0. The van der Waals surface area contributed by atoms with E-state index in [2.05, 4.69) is 15.9 Å². The van der Waals surface area contributed by atoms with Gasteiger partial charge in [-0.2, -0.15) is 0 Å². The molecule has 1 atom stereocenters. The van der Waals surface area contributed by atoms with Gasteiger partial charge in [0.15, 0.2) is 0 Å². The fourth-order valence-electron chi connectivity index (χ4n) is 0.984. The van der Waals surface area contributed by atoms with E-state index in [1.165, 1.54) is 0 Å². The average Bonchev–Trinajstić information content (AvgIpc) is 2.04. The van der Waals surface area contributed by atoms with Crippen molar-refractivity contribution in [3.8, 4) is 0 Å². The molecule has 0 heterocycles. The number of hydrogen-bond acceptors (Lipinski definition) is 2. The number of rotatable bonds is 3. The SMILES string of the molecule is N[C@@H](C=O)Cc1cccc(Br)c1. The first-order valence-electron chi connectivity index (χ1n) is 3.67. The lowest BCUT2D eigenvalue weighted by Crippen LogP contribution is -2.23. The Kier molecular flexibility index (Phi) is 3.44. The summed E-state index contributed by atoms with van der Waals surface area (Å²) < 4.78 is 1.01. The van der Waals surface area contributed by atoms with Crippen LogP contribution in [0.1, 0.15) is 5.56 Å². The highest BCUT2D eigenvalue weighted by molar-refractivity contribution is 9.10. The van der Waals surface area contributed by atoms with E-state index in [-0.39, 0.29) is 6.04 Å². The molecule has 1 aromatic carbocycles. The van der Waals surface area contributed by atoms with Crippen LogP contribution in [-0.4, -0.2) is 12.3 Å². The molecule has 0 bridgehead atoms. The Balaban J connectivity index is 2.69. The zero-order valence-corrected chi connectivity index (χ0v) is 8.12. The van der Waals surface area contributed by atoms with Crippen LogP contribution in [0.3, 0.4) is 0 Å². The molecule has 1 aromatic rings. The monoisotopic (exact) mass is 227 g/mol. The highest BCUT2D eigenvalue weighted by atomic mass is 79.9. The molecule has 0 aliphatic heterocycles. The topological polar surface area (TPSA) is 43.1 Å². The predicted octanol–water partition coefficient (Wildman–Crippen LogP) is 1.52. The molecular weight excluding hydrogens is 218 g/mol. The third kappa shape index (κ3) is 2.75. The molecule has 0 amide bonds. The summed E-state index contributed by atoms with van der Waals surface area (Å²) in [6, 6.07) is 7.39. The molecule has 12 heavy (non-hydrogen) atoms. The molecule has 64 valence electrons. The molecule has 0 unspecified atom stereocenters. The van der Waals surface area contributed by atoms with Gasteiger partial charge in [0.1, 0.15) is 6.29 Å². The van der Waals surface area contributed by atoms with Crippen molar-refractivity contribution in [3.05, 3.63) is 34.3 Å². The third-order valence-electron chi connectivity index (χ3n) is 1.54. The van der Waals surface area contributed by atoms with Gasteiger partial charge >= 0.3 is 0 Å². The maximum atomic E-state index is 10.3. The van der Waals surface area contributed by atoms with Crippen LogP contribution in [0.5, 0.6) is 0 Å². The van der Waals surface area contributed by atoms with Gasteiger partial charge in [-0.3, -0.25) is 0 Å². The Bertz CT molecular complexity index is 275. The smallest absolute Gasteiger partial charge is 0.137 e. The Morgan fingerprint density at radius 2 is 2.33 bits per heavy atom. The predicted molar refractivity (Wildman–Crippen MR) is 51.9 cm³/mol. The lowest BCUT2D eigenvalue weighted by atomic mass is 10.1. The second-order valence-corrected chi connectivity index (χ2v) is 3.55. The van der Waals surface area contributed by atoms with Crippen LogP contribution in [-0.2, 0) is 11.2 Å². The fourth-order valence-corrected chi connectivity index (χ4v) is 1.43. The number of aldehydes is 1. The van der Waals surface area contributed by atoms with Gasteiger partial charge in [0.05, 0.1) is 6.04 Å². The maximum Gasteiger partial charge on any atom is 0.137 e. The molecule has 2 nitrogen and oxygen atoms in total. The summed E-state index contributed by atoms with van der Waals surface area (Å²) >= 11 is 3.34. The molecule has 0 aliphatic carbocycles. The zero-order chi connectivity index (χ0) is 8.97. The summed E-state index contributed by atoms with van der Waals surface area (Å²) in [7, 11) is 0. The van der Waals surface area contributed by atoms with Gasteiger partial charge in [0.25, 0.3) is 0 Å². The first kappa shape index (κ1) is 9.42. The van der Waals surface area contributed by atoms with E-state index in [1.807, 2.05) is 24.3 Å². The summed E-state index contributed by atoms with van der Waals surface area (Å²) in [6.07, 6.45) is 1.36. The quantitative estimate of drug-likeness (QED) is 0.797. The first-order valence-corrected chi connectivity index (χ1v) is 4.47. The molecule has 0 radical (unpaired) electrons. The summed E-state index contributed by atoms with van der Waals surface area (Å²) in [5.41, 5.74) is 6.54. The van der Waals surface area contributed by atoms with Crippen LogP contribution in [0, 0.1) is 0 Å². The Hall–Kier alpha value is -0.670. The van der Waals surface area contributed by atoms with Crippen molar-refractivity contribution in [2.75, 3.05) is 0 Å². The molecule has 0 fully saturated rings. The van der Waals surface area contributed by atoms with Gasteiger partial charge in [0.2, 0.25) is 0 Å². The maximum absolute atomic E-state index is 10.3. The molecule has 2 N–H and O–H groups in total. The van der Waals surface area contributed by atoms with Crippen LogP contribution in [0.2, 0.25) is 0 Å². The van der Waals surface area contributed by atoms with Gasteiger partial charge in [-0.15, -0.1) is 0 Å². The molecule has 0 aromatic heterocycles. The Labute approximate surface area is 79.9 Å². The van der Waals surface area contributed by atoms with E-state index in [0.29, 0.717) is 6.42 Å². The largest absolute Gasteiger partial charge is 0.321 e. The van der Waals surface area contributed by atoms with Gasteiger partial charge in [-0.05, 0) is 24.1 Å². The number of hydrogen-bond donors (Lipinski definition) is 1. The van der Waals surface area contributed by atoms with E-state index in [0.717, 1.165) is 16.3 Å². The van der Waals surface area contributed by atoms with E-state index in [9.17, 15) is 4.79 Å². The van der Waals surface area contributed by atoms with Crippen molar-refractivity contribution in [1.29, 1.82) is 0 Å². The van der Waals surface area contributed by atoms with Crippen molar-refractivity contribution in [2.45, 2.75) is 12.5 Å². The van der Waals surface area contributed by atoms with Crippen LogP contribution in [0.4, 0.5) is 0 Å². The first-order chi connectivity index (χ1) is 5.72. The molecule has 3 heteroatoms. The minimum atomic E-state index is -0.390. The molecule has 0 saturated carbocycles. The summed E-state index contributed by atoms with van der Waals surface area (Å²) in [6.45, 7) is 0. The van der Waals surface area contributed by atoms with Gasteiger partial charge in [-0.1, -0.05) is 28.1 Å². The van der Waals surface area contributed by atoms with E-state index < -0.39 is 0 Å². The molecule has 0 aliphatic rings. The van der Waals surface area contributed by atoms with Crippen LogP contribution < -0.4 is 5.73 Å².